The Morgan fingerprint density at radius 1 is 1.58 bits per heavy atom. The summed E-state index contributed by atoms with van der Waals surface area (Å²) in [6, 6.07) is 2.12. The quantitative estimate of drug-likeness (QED) is 0.846. The molecule has 19 heavy (non-hydrogen) atoms. The van der Waals surface area contributed by atoms with Crippen molar-refractivity contribution in [1.29, 1.82) is 0 Å². The van der Waals surface area contributed by atoms with Gasteiger partial charge < -0.3 is 14.6 Å². The molecule has 1 unspecified atom stereocenters. The van der Waals surface area contributed by atoms with Gasteiger partial charge in [0.25, 0.3) is 0 Å². The molecular weight excluding hydrogens is 275 g/mol. The summed E-state index contributed by atoms with van der Waals surface area (Å²) in [7, 11) is 0. The maximum absolute atomic E-state index is 13.4. The van der Waals surface area contributed by atoms with E-state index in [0.717, 1.165) is 25.0 Å². The number of hydrogen-bond acceptors (Lipinski definition) is 4. The fraction of sp³-hybridized carbons (Fsp3) is 0.462. The lowest BCUT2D eigenvalue weighted by Gasteiger charge is -2.16. The smallest absolute Gasteiger partial charge is 0.339 e. The monoisotopic (exact) mass is 288 g/mol. The van der Waals surface area contributed by atoms with Gasteiger partial charge >= 0.3 is 5.97 Å². The summed E-state index contributed by atoms with van der Waals surface area (Å²) in [5.74, 6) is -1.36. The number of benzene rings is 1. The van der Waals surface area contributed by atoms with Gasteiger partial charge in [0.1, 0.15) is 11.6 Å². The van der Waals surface area contributed by atoms with Crippen molar-refractivity contribution in [3.05, 3.63) is 28.5 Å². The zero-order valence-electron chi connectivity index (χ0n) is 10.4. The molecule has 1 atom stereocenters. The molecule has 4 nitrogen and oxygen atoms in total. The molecule has 6 heteroatoms. The Balaban J connectivity index is 2.32. The molecule has 1 aliphatic rings. The lowest BCUT2D eigenvalue weighted by molar-refractivity contribution is -0.153. The number of halogens is 2. The van der Waals surface area contributed by atoms with Crippen molar-refractivity contribution >= 4 is 17.6 Å². The second-order valence-electron chi connectivity index (χ2n) is 4.28. The van der Waals surface area contributed by atoms with Gasteiger partial charge in [-0.2, -0.15) is 0 Å². The highest BCUT2D eigenvalue weighted by Crippen LogP contribution is 2.38. The van der Waals surface area contributed by atoms with E-state index in [1.807, 2.05) is 0 Å². The second-order valence-corrected chi connectivity index (χ2v) is 4.68. The van der Waals surface area contributed by atoms with E-state index >= 15 is 0 Å². The van der Waals surface area contributed by atoms with E-state index in [0.29, 0.717) is 0 Å². The van der Waals surface area contributed by atoms with Crippen LogP contribution in [0.4, 0.5) is 4.39 Å². The average molecular weight is 289 g/mol. The predicted octanol–water partition coefficient (Wildman–Crippen LogP) is 2.62. The summed E-state index contributed by atoms with van der Waals surface area (Å²) in [6.45, 7) is 1.74. The molecule has 0 aromatic heterocycles. The van der Waals surface area contributed by atoms with Crippen molar-refractivity contribution < 1.29 is 23.8 Å². The number of aliphatic hydroxyl groups excluding tert-OH is 1. The van der Waals surface area contributed by atoms with E-state index in [4.69, 9.17) is 21.1 Å². The highest BCUT2D eigenvalue weighted by Gasteiger charge is 2.30. The van der Waals surface area contributed by atoms with Crippen molar-refractivity contribution in [3.63, 3.8) is 0 Å². The van der Waals surface area contributed by atoms with Gasteiger partial charge in [0.15, 0.2) is 6.10 Å². The molecule has 0 amide bonds. The zero-order chi connectivity index (χ0) is 14.0. The van der Waals surface area contributed by atoms with Crippen LogP contribution in [0.5, 0.6) is 5.75 Å². The van der Waals surface area contributed by atoms with Crippen LogP contribution in [0.3, 0.4) is 0 Å². The first-order valence-corrected chi connectivity index (χ1v) is 6.41. The van der Waals surface area contributed by atoms with Gasteiger partial charge in [-0.15, -0.1) is 0 Å². The van der Waals surface area contributed by atoms with Crippen molar-refractivity contribution in [3.8, 4) is 5.75 Å². The third-order valence-electron chi connectivity index (χ3n) is 2.65. The molecular formula is C13H14ClFO4. The van der Waals surface area contributed by atoms with Gasteiger partial charge in [0.2, 0.25) is 0 Å². The van der Waals surface area contributed by atoms with Gasteiger partial charge in [-0.05, 0) is 31.9 Å². The molecule has 1 saturated carbocycles. The third-order valence-corrected chi connectivity index (χ3v) is 2.93. The fourth-order valence-electron chi connectivity index (χ4n) is 1.61. The summed E-state index contributed by atoms with van der Waals surface area (Å²) in [5.41, 5.74) is -0.00431. The van der Waals surface area contributed by atoms with Crippen LogP contribution < -0.4 is 4.74 Å². The van der Waals surface area contributed by atoms with Crippen LogP contribution in [0.1, 0.15) is 31.4 Å². The topological polar surface area (TPSA) is 55.8 Å². The Bertz CT molecular complexity index is 488. The van der Waals surface area contributed by atoms with E-state index in [9.17, 15) is 14.3 Å². The molecule has 1 fully saturated rings. The molecule has 1 aromatic carbocycles. The SMILES string of the molecule is CCOC(=O)C(O)c1cc(F)cc(Cl)c1OC1CC1. The molecule has 0 bridgehead atoms. The number of rotatable bonds is 5. The van der Waals surface area contributed by atoms with Crippen LogP contribution in [-0.2, 0) is 9.53 Å². The molecule has 1 N–H and O–H groups in total. The third kappa shape index (κ3) is 3.36. The zero-order valence-corrected chi connectivity index (χ0v) is 11.1. The molecule has 0 aliphatic heterocycles. The molecule has 1 aliphatic carbocycles. The summed E-state index contributed by atoms with van der Waals surface area (Å²) in [4.78, 5) is 11.5. The van der Waals surface area contributed by atoms with E-state index in [1.54, 1.807) is 6.92 Å². The average Bonchev–Trinajstić information content (AvgIpc) is 3.15. The molecule has 0 heterocycles. The molecule has 0 radical (unpaired) electrons. The van der Waals surface area contributed by atoms with Crippen molar-refractivity contribution in [2.45, 2.75) is 32.0 Å². The molecule has 0 saturated heterocycles. The first-order valence-electron chi connectivity index (χ1n) is 6.03. The van der Waals surface area contributed by atoms with Crippen LogP contribution in [-0.4, -0.2) is 23.8 Å². The Labute approximate surface area is 115 Å². The first kappa shape index (κ1) is 14.1. The lowest BCUT2D eigenvalue weighted by Crippen LogP contribution is -2.17. The summed E-state index contributed by atoms with van der Waals surface area (Å²) in [6.07, 6.45) is 0.156. The largest absolute Gasteiger partial charge is 0.488 e. The highest BCUT2D eigenvalue weighted by molar-refractivity contribution is 6.32. The maximum atomic E-state index is 13.4. The van der Waals surface area contributed by atoms with E-state index in [-0.39, 0.29) is 29.0 Å². The van der Waals surface area contributed by atoms with Crippen LogP contribution in [0.15, 0.2) is 12.1 Å². The Kier molecular flexibility index (Phi) is 4.27. The minimum Gasteiger partial charge on any atom is -0.488 e. The molecule has 104 valence electrons. The standard InChI is InChI=1S/C13H14ClFO4/c1-2-18-13(17)11(16)9-5-7(15)6-10(14)12(9)19-8-3-4-8/h5-6,8,11,16H,2-4H2,1H3. The number of ether oxygens (including phenoxy) is 2. The van der Waals surface area contributed by atoms with Crippen molar-refractivity contribution in [1.82, 2.24) is 0 Å². The molecule has 0 spiro atoms. The number of hydrogen-bond donors (Lipinski definition) is 1. The predicted molar refractivity (Wildman–Crippen MR) is 66.7 cm³/mol. The van der Waals surface area contributed by atoms with Crippen LogP contribution in [0.25, 0.3) is 0 Å². The van der Waals surface area contributed by atoms with Gasteiger partial charge in [0, 0.05) is 5.56 Å². The maximum Gasteiger partial charge on any atom is 0.339 e. The number of carbonyl (C=O) groups is 1. The number of aliphatic hydroxyl groups is 1. The summed E-state index contributed by atoms with van der Waals surface area (Å²) < 4.78 is 23.6. The normalized spacial score (nSPS) is 16.0. The van der Waals surface area contributed by atoms with Gasteiger partial charge in [-0.1, -0.05) is 11.6 Å². The van der Waals surface area contributed by atoms with E-state index in [2.05, 4.69) is 0 Å². The summed E-state index contributed by atoms with van der Waals surface area (Å²) in [5, 5.41) is 9.94. The molecule has 1 aromatic rings. The van der Waals surface area contributed by atoms with Crippen molar-refractivity contribution in [2.24, 2.45) is 0 Å². The second kappa shape index (κ2) is 5.75. The fourth-order valence-corrected chi connectivity index (χ4v) is 1.87. The number of carbonyl (C=O) groups excluding carboxylic acids is 1. The Hall–Kier alpha value is -1.33. The van der Waals surface area contributed by atoms with Crippen LogP contribution in [0.2, 0.25) is 5.02 Å². The lowest BCUT2D eigenvalue weighted by atomic mass is 10.1. The minimum absolute atomic E-state index is 0.00431. The van der Waals surface area contributed by atoms with Gasteiger partial charge in [-0.25, -0.2) is 9.18 Å². The molecule has 2 rings (SSSR count). The number of esters is 1. The van der Waals surface area contributed by atoms with Gasteiger partial charge in [-0.3, -0.25) is 0 Å². The van der Waals surface area contributed by atoms with Crippen molar-refractivity contribution in [2.75, 3.05) is 6.61 Å². The van der Waals surface area contributed by atoms with E-state index < -0.39 is 17.9 Å². The van der Waals surface area contributed by atoms with Crippen LogP contribution >= 0.6 is 11.6 Å². The van der Waals surface area contributed by atoms with E-state index in [1.165, 1.54) is 0 Å². The van der Waals surface area contributed by atoms with Gasteiger partial charge in [0.05, 0.1) is 17.7 Å². The van der Waals surface area contributed by atoms with Crippen LogP contribution in [0, 0.1) is 5.82 Å². The highest BCUT2D eigenvalue weighted by atomic mass is 35.5. The minimum atomic E-state index is -1.61. The Morgan fingerprint density at radius 2 is 2.26 bits per heavy atom. The Morgan fingerprint density at radius 3 is 2.84 bits per heavy atom. The first-order chi connectivity index (χ1) is 9.02. The summed E-state index contributed by atoms with van der Waals surface area (Å²) >= 11 is 5.90.